The molecule has 100 valence electrons. The van der Waals surface area contributed by atoms with Crippen molar-refractivity contribution in [1.82, 2.24) is 9.55 Å². The number of aromatic amines is 1. The number of aliphatic hydroxyl groups is 2. The summed E-state index contributed by atoms with van der Waals surface area (Å²) in [6, 6.07) is 1.53. The molecule has 1 fully saturated rings. The highest BCUT2D eigenvalue weighted by molar-refractivity contribution is 7.71. The minimum Gasteiger partial charge on any atom is -0.394 e. The lowest BCUT2D eigenvalue weighted by Crippen LogP contribution is -2.37. The van der Waals surface area contributed by atoms with E-state index in [1.807, 2.05) is 0 Å². The van der Waals surface area contributed by atoms with Crippen LogP contribution in [0.2, 0.25) is 0 Å². The first-order valence-electron chi connectivity index (χ1n) is 5.37. The third kappa shape index (κ3) is 2.25. The summed E-state index contributed by atoms with van der Waals surface area (Å²) in [6.45, 7) is -0.352. The van der Waals surface area contributed by atoms with Gasteiger partial charge in [-0.1, -0.05) is 12.2 Å². The zero-order chi connectivity index (χ0) is 13.3. The van der Waals surface area contributed by atoms with E-state index >= 15 is 0 Å². The van der Waals surface area contributed by atoms with Crippen LogP contribution >= 0.6 is 12.2 Å². The number of nitrogens with one attached hydrogen (secondary N) is 1. The molecule has 1 aromatic rings. The van der Waals surface area contributed by atoms with Crippen molar-refractivity contribution < 1.29 is 19.7 Å². The van der Waals surface area contributed by atoms with Crippen LogP contribution in [-0.2, 0) is 9.47 Å². The maximum atomic E-state index is 11.8. The van der Waals surface area contributed by atoms with E-state index in [0.29, 0.717) is 4.64 Å². The van der Waals surface area contributed by atoms with Gasteiger partial charge in [0.2, 0.25) is 0 Å². The fourth-order valence-electron chi connectivity index (χ4n) is 1.98. The molecule has 0 saturated carbocycles. The first-order chi connectivity index (χ1) is 8.58. The van der Waals surface area contributed by atoms with Crippen LogP contribution in [0.25, 0.3) is 0 Å². The van der Waals surface area contributed by atoms with Crippen LogP contribution in [-0.4, -0.2) is 51.8 Å². The van der Waals surface area contributed by atoms with Crippen molar-refractivity contribution in [1.29, 1.82) is 0 Å². The monoisotopic (exact) mass is 274 g/mol. The molecule has 2 heterocycles. The average molecular weight is 274 g/mol. The van der Waals surface area contributed by atoms with E-state index in [1.165, 1.54) is 23.9 Å². The van der Waals surface area contributed by atoms with Crippen LogP contribution in [0.1, 0.15) is 6.23 Å². The molecular formula is C10H14N2O5S. The zero-order valence-electron chi connectivity index (χ0n) is 9.65. The molecule has 0 radical (unpaired) electrons. The van der Waals surface area contributed by atoms with E-state index in [2.05, 4.69) is 4.98 Å². The molecular weight excluding hydrogens is 260 g/mol. The Morgan fingerprint density at radius 2 is 2.39 bits per heavy atom. The van der Waals surface area contributed by atoms with Gasteiger partial charge in [0, 0.05) is 13.3 Å². The van der Waals surface area contributed by atoms with Crippen LogP contribution in [0.4, 0.5) is 0 Å². The van der Waals surface area contributed by atoms with E-state index in [9.17, 15) is 9.90 Å². The molecule has 0 amide bonds. The number of ether oxygens (including phenoxy) is 2. The zero-order valence-corrected chi connectivity index (χ0v) is 10.5. The number of aliphatic hydroxyl groups excluding tert-OH is 2. The van der Waals surface area contributed by atoms with Gasteiger partial charge in [-0.05, 0) is 6.07 Å². The lowest BCUT2D eigenvalue weighted by Gasteiger charge is -2.20. The Morgan fingerprint density at radius 1 is 1.67 bits per heavy atom. The third-order valence-electron chi connectivity index (χ3n) is 2.89. The predicted molar refractivity (Wildman–Crippen MR) is 63.7 cm³/mol. The number of hydrogen-bond acceptors (Lipinski definition) is 6. The Bertz CT molecular complexity index is 527. The van der Waals surface area contributed by atoms with Crippen LogP contribution in [0.3, 0.4) is 0 Å². The first kappa shape index (κ1) is 13.4. The highest BCUT2D eigenvalue weighted by atomic mass is 32.1. The Balaban J connectivity index is 2.38. The molecule has 0 bridgehead atoms. The van der Waals surface area contributed by atoms with Crippen molar-refractivity contribution in [2.45, 2.75) is 24.5 Å². The third-order valence-corrected chi connectivity index (χ3v) is 3.13. The normalized spacial score (nSPS) is 31.7. The molecule has 8 heteroatoms. The van der Waals surface area contributed by atoms with Crippen LogP contribution in [0.5, 0.6) is 0 Å². The molecule has 0 unspecified atom stereocenters. The molecule has 1 saturated heterocycles. The van der Waals surface area contributed by atoms with Crippen LogP contribution < -0.4 is 5.69 Å². The molecule has 4 atom stereocenters. The fourth-order valence-corrected chi connectivity index (χ4v) is 2.12. The second-order valence-corrected chi connectivity index (χ2v) is 4.40. The lowest BCUT2D eigenvalue weighted by atomic mass is 10.1. The molecule has 1 aliphatic heterocycles. The van der Waals surface area contributed by atoms with Gasteiger partial charge in [-0.2, -0.15) is 0 Å². The van der Waals surface area contributed by atoms with Crippen LogP contribution in [0.15, 0.2) is 17.1 Å². The second kappa shape index (κ2) is 5.29. The molecule has 0 aromatic carbocycles. The Labute approximate surface area is 108 Å². The van der Waals surface area contributed by atoms with Crippen molar-refractivity contribution in [2.24, 2.45) is 0 Å². The molecule has 0 aliphatic carbocycles. The quantitative estimate of drug-likeness (QED) is 0.623. The summed E-state index contributed by atoms with van der Waals surface area (Å²) in [4.78, 5) is 14.2. The highest BCUT2D eigenvalue weighted by Gasteiger charge is 2.44. The minimum atomic E-state index is -1.000. The largest absolute Gasteiger partial charge is 0.394 e. The molecule has 1 aliphatic rings. The molecule has 3 N–H and O–H groups in total. The lowest BCUT2D eigenvalue weighted by molar-refractivity contribution is -0.0625. The Kier molecular flexibility index (Phi) is 3.93. The van der Waals surface area contributed by atoms with Crippen molar-refractivity contribution >= 4 is 12.2 Å². The van der Waals surface area contributed by atoms with Crippen molar-refractivity contribution in [2.75, 3.05) is 13.7 Å². The standard InChI is InChI=1S/C10H14N2O5S/c1-16-8-7(14)5(4-13)17-9(8)12-3-2-6(18)11-10(12)15/h2-3,5,7-9,13-14H,4H2,1H3,(H,11,15,18)/t5-,7+,8-,9-/m1/s1. The second-order valence-electron chi connectivity index (χ2n) is 3.96. The molecule has 7 nitrogen and oxygen atoms in total. The fraction of sp³-hybridized carbons (Fsp3) is 0.600. The van der Waals surface area contributed by atoms with Crippen LogP contribution in [0, 0.1) is 4.64 Å². The number of nitrogens with zero attached hydrogens (tertiary/aromatic N) is 1. The number of methoxy groups -OCH3 is 1. The summed E-state index contributed by atoms with van der Waals surface area (Å²) in [5.74, 6) is 0. The topological polar surface area (TPSA) is 96.7 Å². The van der Waals surface area contributed by atoms with Gasteiger partial charge >= 0.3 is 5.69 Å². The summed E-state index contributed by atoms with van der Waals surface area (Å²) in [7, 11) is 1.40. The van der Waals surface area contributed by atoms with E-state index < -0.39 is 30.2 Å². The van der Waals surface area contributed by atoms with Gasteiger partial charge < -0.3 is 19.7 Å². The Hall–Kier alpha value is -1.06. The summed E-state index contributed by atoms with van der Waals surface area (Å²) in [5, 5.41) is 18.9. The van der Waals surface area contributed by atoms with Gasteiger partial charge in [0.05, 0.1) is 6.61 Å². The van der Waals surface area contributed by atoms with Crippen molar-refractivity contribution in [3.63, 3.8) is 0 Å². The van der Waals surface area contributed by atoms with Crippen molar-refractivity contribution in [3.05, 3.63) is 27.4 Å². The highest BCUT2D eigenvalue weighted by Crippen LogP contribution is 2.29. The molecule has 18 heavy (non-hydrogen) atoms. The number of H-pyrrole nitrogens is 1. The smallest absolute Gasteiger partial charge is 0.328 e. The number of aromatic nitrogens is 2. The van der Waals surface area contributed by atoms with E-state index in [1.54, 1.807) is 0 Å². The van der Waals surface area contributed by atoms with E-state index in [-0.39, 0.29) is 6.61 Å². The minimum absolute atomic E-state index is 0.308. The molecule has 0 spiro atoms. The predicted octanol–water partition coefficient (Wildman–Crippen LogP) is -0.829. The van der Waals surface area contributed by atoms with E-state index in [0.717, 1.165) is 0 Å². The summed E-state index contributed by atoms with van der Waals surface area (Å²) in [6.07, 6.45) is -1.86. The van der Waals surface area contributed by atoms with Gasteiger partial charge in [0.15, 0.2) is 6.23 Å². The number of hydrogen-bond donors (Lipinski definition) is 3. The Morgan fingerprint density at radius 3 is 2.94 bits per heavy atom. The first-order valence-corrected chi connectivity index (χ1v) is 5.78. The molecule has 2 rings (SSSR count). The van der Waals surface area contributed by atoms with Gasteiger partial charge in [-0.15, -0.1) is 0 Å². The van der Waals surface area contributed by atoms with Gasteiger partial charge in [0.25, 0.3) is 0 Å². The van der Waals surface area contributed by atoms with Crippen molar-refractivity contribution in [3.8, 4) is 0 Å². The summed E-state index contributed by atoms with van der Waals surface area (Å²) >= 11 is 4.83. The number of rotatable bonds is 3. The maximum absolute atomic E-state index is 11.8. The summed E-state index contributed by atoms with van der Waals surface area (Å²) in [5.41, 5.74) is -0.458. The van der Waals surface area contributed by atoms with Gasteiger partial charge in [-0.3, -0.25) is 9.55 Å². The summed E-state index contributed by atoms with van der Waals surface area (Å²) < 4.78 is 12.1. The average Bonchev–Trinajstić information content (AvgIpc) is 2.65. The maximum Gasteiger partial charge on any atom is 0.328 e. The SMILES string of the molecule is CO[C@@H]1[C@@H](O)[C@@H](CO)O[C@H]1n1ccc(=S)[nH]c1=O. The van der Waals surface area contributed by atoms with E-state index in [4.69, 9.17) is 26.8 Å². The van der Waals surface area contributed by atoms with Gasteiger partial charge in [0.1, 0.15) is 23.0 Å². The molecule has 1 aromatic heterocycles. The van der Waals surface area contributed by atoms with Gasteiger partial charge in [-0.25, -0.2) is 4.79 Å².